The minimum Gasteiger partial charge on any atom is -0.473 e. The molecule has 100 valence electrons. The molecule has 0 aliphatic heterocycles. The molecule has 0 fully saturated rings. The highest BCUT2D eigenvalue weighted by Gasteiger charge is 2.04. The van der Waals surface area contributed by atoms with Crippen molar-refractivity contribution in [1.29, 1.82) is 0 Å². The van der Waals surface area contributed by atoms with E-state index < -0.39 is 0 Å². The first-order chi connectivity index (χ1) is 9.21. The van der Waals surface area contributed by atoms with Gasteiger partial charge in [0.2, 0.25) is 5.88 Å². The summed E-state index contributed by atoms with van der Waals surface area (Å²) < 4.78 is 6.75. The average Bonchev–Trinajstić information content (AvgIpc) is 2.46. The van der Waals surface area contributed by atoms with Crippen molar-refractivity contribution in [3.63, 3.8) is 0 Å². The van der Waals surface area contributed by atoms with E-state index in [-0.39, 0.29) is 0 Å². The minimum absolute atomic E-state index is 0.487. The Hall–Kier alpha value is -1.27. The Morgan fingerprint density at radius 1 is 1.26 bits per heavy atom. The van der Waals surface area contributed by atoms with Crippen molar-refractivity contribution < 1.29 is 4.74 Å². The normalized spacial score (nSPS) is 10.3. The summed E-state index contributed by atoms with van der Waals surface area (Å²) in [5.74, 6) is 1.33. The lowest BCUT2D eigenvalue weighted by Crippen LogP contribution is -2.01. The Kier molecular flexibility index (Phi) is 5.04. The van der Waals surface area contributed by atoms with Crippen LogP contribution in [-0.4, -0.2) is 23.3 Å². The summed E-state index contributed by atoms with van der Waals surface area (Å²) in [6, 6.07) is 9.80. The molecule has 0 saturated heterocycles. The van der Waals surface area contributed by atoms with Crippen molar-refractivity contribution in [3.8, 4) is 5.88 Å². The first-order valence-electron chi connectivity index (χ1n) is 5.69. The summed E-state index contributed by atoms with van der Waals surface area (Å²) in [5.41, 5.74) is 1.10. The topological polar surface area (TPSA) is 47.0 Å². The van der Waals surface area contributed by atoms with E-state index in [1.165, 1.54) is 11.8 Å². The molecule has 0 unspecified atom stereocenters. The van der Waals surface area contributed by atoms with Gasteiger partial charge in [-0.05, 0) is 24.0 Å². The molecule has 0 bridgehead atoms. The van der Waals surface area contributed by atoms with Crippen molar-refractivity contribution in [2.24, 2.45) is 0 Å². The van der Waals surface area contributed by atoms with E-state index in [0.717, 1.165) is 15.9 Å². The van der Waals surface area contributed by atoms with Gasteiger partial charge in [0, 0.05) is 17.6 Å². The van der Waals surface area contributed by atoms with Crippen molar-refractivity contribution >= 4 is 33.5 Å². The quantitative estimate of drug-likeness (QED) is 0.666. The second kappa shape index (κ2) is 6.77. The average molecular weight is 340 g/mol. The zero-order valence-corrected chi connectivity index (χ0v) is 13.1. The number of benzene rings is 1. The van der Waals surface area contributed by atoms with Gasteiger partial charge < -0.3 is 10.1 Å². The highest BCUT2D eigenvalue weighted by Crippen LogP contribution is 2.19. The number of nitrogens with zero attached hydrogens (tertiary/aromatic N) is 2. The molecule has 1 aromatic carbocycles. The van der Waals surface area contributed by atoms with Crippen LogP contribution in [0.1, 0.15) is 5.56 Å². The molecule has 0 spiro atoms. The van der Waals surface area contributed by atoms with Gasteiger partial charge in [-0.15, -0.1) is 0 Å². The first-order valence-corrected chi connectivity index (χ1v) is 7.71. The number of hydrogen-bond acceptors (Lipinski definition) is 5. The summed E-state index contributed by atoms with van der Waals surface area (Å²) >= 11 is 4.89. The zero-order chi connectivity index (χ0) is 13.7. The van der Waals surface area contributed by atoms with Crippen LogP contribution >= 0.6 is 27.7 Å². The van der Waals surface area contributed by atoms with Gasteiger partial charge >= 0.3 is 0 Å². The molecular formula is C13H14BrN3OS. The van der Waals surface area contributed by atoms with Gasteiger partial charge in [-0.25, -0.2) is 4.98 Å². The molecule has 6 heteroatoms. The number of thioether (sulfide) groups is 1. The third kappa shape index (κ3) is 4.11. The summed E-state index contributed by atoms with van der Waals surface area (Å²) in [6.07, 6.45) is 1.94. The molecule has 2 aromatic rings. The molecule has 1 aromatic heterocycles. The van der Waals surface area contributed by atoms with Crippen LogP contribution in [0.25, 0.3) is 0 Å². The fourth-order valence-electron chi connectivity index (χ4n) is 1.44. The second-order valence-corrected chi connectivity index (χ2v) is 5.43. The maximum absolute atomic E-state index is 5.70. The Morgan fingerprint density at radius 2 is 2.00 bits per heavy atom. The van der Waals surface area contributed by atoms with Crippen LogP contribution in [0.3, 0.4) is 0 Å². The first kappa shape index (κ1) is 14.1. The lowest BCUT2D eigenvalue weighted by Gasteiger charge is -2.08. The molecule has 2 rings (SSSR count). The highest BCUT2D eigenvalue weighted by molar-refractivity contribution is 9.10. The Balaban J connectivity index is 2.08. The molecule has 0 aliphatic carbocycles. The Morgan fingerprint density at radius 3 is 2.63 bits per heavy atom. The van der Waals surface area contributed by atoms with Gasteiger partial charge in [-0.2, -0.15) is 4.98 Å². The highest BCUT2D eigenvalue weighted by atomic mass is 79.9. The summed E-state index contributed by atoms with van der Waals surface area (Å²) in [6.45, 7) is 0.487. The van der Waals surface area contributed by atoms with Crippen LogP contribution in [0.5, 0.6) is 5.88 Å². The lowest BCUT2D eigenvalue weighted by atomic mass is 10.2. The van der Waals surface area contributed by atoms with Gasteiger partial charge in [-0.3, -0.25) is 0 Å². The molecule has 0 saturated carbocycles. The van der Waals surface area contributed by atoms with Gasteiger partial charge in [-0.1, -0.05) is 39.8 Å². The fourth-order valence-corrected chi connectivity index (χ4v) is 2.07. The van der Waals surface area contributed by atoms with Crippen molar-refractivity contribution in [2.75, 3.05) is 18.6 Å². The van der Waals surface area contributed by atoms with Gasteiger partial charge in [0.25, 0.3) is 0 Å². The van der Waals surface area contributed by atoms with Crippen LogP contribution in [0.2, 0.25) is 0 Å². The molecule has 4 nitrogen and oxygen atoms in total. The van der Waals surface area contributed by atoms with E-state index in [4.69, 9.17) is 4.74 Å². The fraction of sp³-hybridized carbons (Fsp3) is 0.231. The molecule has 1 N–H and O–H groups in total. The number of hydrogen-bond donors (Lipinski definition) is 1. The number of ether oxygens (including phenoxy) is 1. The smallest absolute Gasteiger partial charge is 0.219 e. The van der Waals surface area contributed by atoms with E-state index in [1.807, 2.05) is 37.6 Å². The molecular weight excluding hydrogens is 326 g/mol. The third-order valence-electron chi connectivity index (χ3n) is 2.42. The van der Waals surface area contributed by atoms with Crippen molar-refractivity contribution in [1.82, 2.24) is 9.97 Å². The molecule has 0 amide bonds. The molecule has 19 heavy (non-hydrogen) atoms. The molecule has 0 aliphatic rings. The van der Waals surface area contributed by atoms with Crippen LogP contribution in [0, 0.1) is 0 Å². The van der Waals surface area contributed by atoms with Crippen LogP contribution in [0.15, 0.2) is 40.0 Å². The number of rotatable bonds is 5. The third-order valence-corrected chi connectivity index (χ3v) is 3.50. The lowest BCUT2D eigenvalue weighted by molar-refractivity contribution is 0.291. The van der Waals surface area contributed by atoms with E-state index in [2.05, 4.69) is 31.2 Å². The summed E-state index contributed by atoms with van der Waals surface area (Å²) in [5, 5.41) is 3.69. The summed E-state index contributed by atoms with van der Waals surface area (Å²) in [4.78, 5) is 8.60. The summed E-state index contributed by atoms with van der Waals surface area (Å²) in [7, 11) is 1.82. The number of aromatic nitrogens is 2. The zero-order valence-electron chi connectivity index (χ0n) is 10.7. The predicted octanol–water partition coefficient (Wildman–Crippen LogP) is 3.58. The van der Waals surface area contributed by atoms with E-state index in [0.29, 0.717) is 17.6 Å². The Labute approximate surface area is 125 Å². The molecule has 0 atom stereocenters. The maximum atomic E-state index is 5.70. The number of halogens is 1. The Bertz CT molecular complexity index is 526. The van der Waals surface area contributed by atoms with Crippen molar-refractivity contribution in [3.05, 3.63) is 40.4 Å². The van der Waals surface area contributed by atoms with Crippen molar-refractivity contribution in [2.45, 2.75) is 11.8 Å². The van der Waals surface area contributed by atoms with Crippen LogP contribution in [0.4, 0.5) is 5.82 Å². The standard InChI is InChI=1S/C13H14BrN3OS/c1-15-11-7-12(17-13(16-11)19-2)18-8-9-3-5-10(14)6-4-9/h3-7H,8H2,1-2H3,(H,15,16,17). The minimum atomic E-state index is 0.487. The van der Waals surface area contributed by atoms with Gasteiger partial charge in [0.05, 0.1) is 0 Å². The van der Waals surface area contributed by atoms with Gasteiger partial charge in [0.15, 0.2) is 5.16 Å². The predicted molar refractivity (Wildman–Crippen MR) is 81.8 cm³/mol. The largest absolute Gasteiger partial charge is 0.473 e. The van der Waals surface area contributed by atoms with E-state index in [1.54, 1.807) is 6.07 Å². The van der Waals surface area contributed by atoms with E-state index in [9.17, 15) is 0 Å². The SMILES string of the molecule is CNc1cc(OCc2ccc(Br)cc2)nc(SC)n1. The number of anilines is 1. The molecule has 1 heterocycles. The van der Waals surface area contributed by atoms with Crippen LogP contribution < -0.4 is 10.1 Å². The maximum Gasteiger partial charge on any atom is 0.219 e. The van der Waals surface area contributed by atoms with Gasteiger partial charge in [0.1, 0.15) is 12.4 Å². The monoisotopic (exact) mass is 339 g/mol. The van der Waals surface area contributed by atoms with Crippen LogP contribution in [-0.2, 0) is 6.61 Å². The molecule has 0 radical (unpaired) electrons. The van der Waals surface area contributed by atoms with E-state index >= 15 is 0 Å². The second-order valence-electron chi connectivity index (χ2n) is 3.74. The number of nitrogens with one attached hydrogen (secondary N) is 1.